The minimum Gasteiger partial charge on any atom is -0.379 e. The standard InChI is InChI=1S/C11H22N2O/c1-11(5-7-14-9-11)13-8-10-4-2-3-6-12-10/h10,12-13H,2-9H2,1H3/t10-,11?/m0/s1. The maximum Gasteiger partial charge on any atom is 0.0646 e. The summed E-state index contributed by atoms with van der Waals surface area (Å²) in [7, 11) is 0. The van der Waals surface area contributed by atoms with Crippen LogP contribution in [0.5, 0.6) is 0 Å². The van der Waals surface area contributed by atoms with Gasteiger partial charge in [-0.3, -0.25) is 0 Å². The van der Waals surface area contributed by atoms with Gasteiger partial charge in [0.05, 0.1) is 6.61 Å². The Balaban J connectivity index is 1.70. The third-order valence-corrected chi connectivity index (χ3v) is 3.41. The summed E-state index contributed by atoms with van der Waals surface area (Å²) in [6.07, 6.45) is 5.20. The van der Waals surface area contributed by atoms with Gasteiger partial charge in [0, 0.05) is 24.7 Å². The summed E-state index contributed by atoms with van der Waals surface area (Å²) < 4.78 is 5.42. The van der Waals surface area contributed by atoms with Gasteiger partial charge in [-0.05, 0) is 32.7 Å². The molecule has 0 aromatic carbocycles. The van der Waals surface area contributed by atoms with Crippen molar-refractivity contribution in [1.82, 2.24) is 10.6 Å². The fourth-order valence-electron chi connectivity index (χ4n) is 2.27. The third-order valence-electron chi connectivity index (χ3n) is 3.41. The average Bonchev–Trinajstić information content (AvgIpc) is 2.65. The Hall–Kier alpha value is -0.120. The molecule has 0 radical (unpaired) electrons. The van der Waals surface area contributed by atoms with E-state index < -0.39 is 0 Å². The highest BCUT2D eigenvalue weighted by molar-refractivity contribution is 4.89. The molecule has 2 rings (SSSR count). The van der Waals surface area contributed by atoms with Crippen LogP contribution in [0.25, 0.3) is 0 Å². The minimum absolute atomic E-state index is 0.235. The molecule has 2 atom stereocenters. The van der Waals surface area contributed by atoms with Crippen molar-refractivity contribution in [3.8, 4) is 0 Å². The molecule has 0 saturated carbocycles. The van der Waals surface area contributed by atoms with Crippen LogP contribution >= 0.6 is 0 Å². The van der Waals surface area contributed by atoms with Crippen LogP contribution in [0.4, 0.5) is 0 Å². The summed E-state index contributed by atoms with van der Waals surface area (Å²) >= 11 is 0. The molecular weight excluding hydrogens is 176 g/mol. The van der Waals surface area contributed by atoms with Gasteiger partial charge in [-0.15, -0.1) is 0 Å². The Morgan fingerprint density at radius 2 is 2.43 bits per heavy atom. The average molecular weight is 198 g/mol. The fourth-order valence-corrected chi connectivity index (χ4v) is 2.27. The summed E-state index contributed by atoms with van der Waals surface area (Å²) in [6.45, 7) is 6.35. The Kier molecular flexibility index (Phi) is 3.42. The lowest BCUT2D eigenvalue weighted by Crippen LogP contribution is -2.50. The van der Waals surface area contributed by atoms with Gasteiger partial charge in [0.15, 0.2) is 0 Å². The van der Waals surface area contributed by atoms with Gasteiger partial charge in [0.2, 0.25) is 0 Å². The van der Waals surface area contributed by atoms with E-state index in [2.05, 4.69) is 17.6 Å². The first-order valence-electron chi connectivity index (χ1n) is 5.85. The van der Waals surface area contributed by atoms with Crippen LogP contribution in [0.2, 0.25) is 0 Å². The van der Waals surface area contributed by atoms with Crippen LogP contribution in [0.3, 0.4) is 0 Å². The predicted octanol–water partition coefficient (Wildman–Crippen LogP) is 0.897. The summed E-state index contributed by atoms with van der Waals surface area (Å²) in [5.74, 6) is 0. The maximum absolute atomic E-state index is 5.42. The van der Waals surface area contributed by atoms with Crippen molar-refractivity contribution in [2.75, 3.05) is 26.3 Å². The number of piperidine rings is 1. The summed E-state index contributed by atoms with van der Waals surface area (Å²) in [4.78, 5) is 0. The minimum atomic E-state index is 0.235. The molecule has 2 fully saturated rings. The second kappa shape index (κ2) is 4.60. The Labute approximate surface area is 86.6 Å². The number of nitrogens with one attached hydrogen (secondary N) is 2. The van der Waals surface area contributed by atoms with E-state index in [4.69, 9.17) is 4.74 Å². The second-order valence-electron chi connectivity index (χ2n) is 4.89. The molecule has 14 heavy (non-hydrogen) atoms. The molecule has 2 saturated heterocycles. The molecular formula is C11H22N2O. The zero-order valence-electron chi connectivity index (χ0n) is 9.14. The SMILES string of the molecule is CC1(NC[C@@H]2CCCCN2)CCOC1. The molecule has 2 aliphatic heterocycles. The van der Waals surface area contributed by atoms with E-state index in [1.807, 2.05) is 0 Å². The van der Waals surface area contributed by atoms with Crippen molar-refractivity contribution >= 4 is 0 Å². The van der Waals surface area contributed by atoms with E-state index >= 15 is 0 Å². The van der Waals surface area contributed by atoms with E-state index in [0.29, 0.717) is 6.04 Å². The highest BCUT2D eigenvalue weighted by Crippen LogP contribution is 2.17. The van der Waals surface area contributed by atoms with Gasteiger partial charge in [-0.2, -0.15) is 0 Å². The molecule has 0 spiro atoms. The quantitative estimate of drug-likeness (QED) is 0.707. The second-order valence-corrected chi connectivity index (χ2v) is 4.89. The van der Waals surface area contributed by atoms with E-state index in [-0.39, 0.29) is 5.54 Å². The van der Waals surface area contributed by atoms with E-state index in [9.17, 15) is 0 Å². The van der Waals surface area contributed by atoms with E-state index in [1.54, 1.807) is 0 Å². The summed E-state index contributed by atoms with van der Waals surface area (Å²) in [5, 5.41) is 7.20. The van der Waals surface area contributed by atoms with Crippen molar-refractivity contribution in [3.63, 3.8) is 0 Å². The van der Waals surface area contributed by atoms with E-state index in [1.165, 1.54) is 25.8 Å². The first-order valence-corrected chi connectivity index (χ1v) is 5.85. The van der Waals surface area contributed by atoms with Gasteiger partial charge >= 0.3 is 0 Å². The van der Waals surface area contributed by atoms with Gasteiger partial charge in [0.25, 0.3) is 0 Å². The molecule has 0 aromatic rings. The zero-order valence-corrected chi connectivity index (χ0v) is 9.14. The maximum atomic E-state index is 5.42. The molecule has 2 N–H and O–H groups in total. The first kappa shape index (κ1) is 10.4. The van der Waals surface area contributed by atoms with Crippen molar-refractivity contribution < 1.29 is 4.74 Å². The molecule has 2 heterocycles. The van der Waals surface area contributed by atoms with Crippen LogP contribution in [0.1, 0.15) is 32.6 Å². The number of hydrogen-bond acceptors (Lipinski definition) is 3. The summed E-state index contributed by atoms with van der Waals surface area (Å²) in [5.41, 5.74) is 0.235. The van der Waals surface area contributed by atoms with Crippen LogP contribution in [-0.2, 0) is 4.74 Å². The molecule has 82 valence electrons. The monoisotopic (exact) mass is 198 g/mol. The van der Waals surface area contributed by atoms with Crippen molar-refractivity contribution in [3.05, 3.63) is 0 Å². The van der Waals surface area contributed by atoms with Gasteiger partial charge in [-0.1, -0.05) is 6.42 Å². The van der Waals surface area contributed by atoms with Crippen molar-refractivity contribution in [1.29, 1.82) is 0 Å². The fraction of sp³-hybridized carbons (Fsp3) is 1.00. The first-order chi connectivity index (χ1) is 6.79. The highest BCUT2D eigenvalue weighted by Gasteiger charge is 2.29. The molecule has 3 heteroatoms. The zero-order chi connectivity index (χ0) is 9.86. The molecule has 0 aromatic heterocycles. The molecule has 0 amide bonds. The van der Waals surface area contributed by atoms with Gasteiger partial charge in [0.1, 0.15) is 0 Å². The van der Waals surface area contributed by atoms with Crippen LogP contribution in [0, 0.1) is 0 Å². The summed E-state index contributed by atoms with van der Waals surface area (Å²) in [6, 6.07) is 0.682. The topological polar surface area (TPSA) is 33.3 Å². The van der Waals surface area contributed by atoms with Crippen LogP contribution in [0.15, 0.2) is 0 Å². The van der Waals surface area contributed by atoms with Crippen molar-refractivity contribution in [2.24, 2.45) is 0 Å². The third kappa shape index (κ3) is 2.69. The number of ether oxygens (including phenoxy) is 1. The number of hydrogen-bond donors (Lipinski definition) is 2. The molecule has 0 aliphatic carbocycles. The number of rotatable bonds is 3. The Bertz CT molecular complexity index is 172. The van der Waals surface area contributed by atoms with Crippen LogP contribution < -0.4 is 10.6 Å². The predicted molar refractivity (Wildman–Crippen MR) is 57.5 cm³/mol. The molecule has 3 nitrogen and oxygen atoms in total. The lowest BCUT2D eigenvalue weighted by Gasteiger charge is -2.29. The largest absolute Gasteiger partial charge is 0.379 e. The molecule has 1 unspecified atom stereocenters. The highest BCUT2D eigenvalue weighted by atomic mass is 16.5. The molecule has 0 bridgehead atoms. The van der Waals surface area contributed by atoms with Gasteiger partial charge in [-0.25, -0.2) is 0 Å². The lowest BCUT2D eigenvalue weighted by molar-refractivity contribution is 0.169. The van der Waals surface area contributed by atoms with Crippen LogP contribution in [-0.4, -0.2) is 37.9 Å². The van der Waals surface area contributed by atoms with E-state index in [0.717, 1.165) is 26.2 Å². The molecule has 2 aliphatic rings. The lowest BCUT2D eigenvalue weighted by atomic mass is 9.99. The van der Waals surface area contributed by atoms with Crippen molar-refractivity contribution in [2.45, 2.75) is 44.2 Å². The Morgan fingerprint density at radius 1 is 1.50 bits per heavy atom. The smallest absolute Gasteiger partial charge is 0.0646 e. The normalized spacial score (nSPS) is 38.8. The Morgan fingerprint density at radius 3 is 3.07 bits per heavy atom. The van der Waals surface area contributed by atoms with Gasteiger partial charge < -0.3 is 15.4 Å².